The van der Waals surface area contributed by atoms with Gasteiger partial charge >= 0.3 is 0 Å². The highest BCUT2D eigenvalue weighted by atomic mass is 16.6. The number of aliphatic hydroxyl groups is 1. The second-order valence-corrected chi connectivity index (χ2v) is 5.31. The summed E-state index contributed by atoms with van der Waals surface area (Å²) >= 11 is 0. The number of rotatable bonds is 5. The summed E-state index contributed by atoms with van der Waals surface area (Å²) < 4.78 is 11.0. The first-order valence-electron chi connectivity index (χ1n) is 6.59. The number of nitro benzene ring substituents is 1. The minimum absolute atomic E-state index is 0.0427. The normalized spacial score (nSPS) is 28.6. The highest BCUT2D eigenvalue weighted by Gasteiger charge is 2.51. The molecule has 6 nitrogen and oxygen atoms in total. The number of methoxy groups -OCH3 is 1. The summed E-state index contributed by atoms with van der Waals surface area (Å²) in [5.74, 6) is 0.800. The van der Waals surface area contributed by atoms with E-state index in [0.717, 1.165) is 6.42 Å². The lowest BCUT2D eigenvalue weighted by molar-refractivity contribution is -0.385. The molecule has 0 bridgehead atoms. The van der Waals surface area contributed by atoms with E-state index in [-0.39, 0.29) is 17.2 Å². The molecule has 1 fully saturated rings. The van der Waals surface area contributed by atoms with Gasteiger partial charge in [0, 0.05) is 17.9 Å². The fraction of sp³-hybridized carbons (Fsp3) is 0.571. The van der Waals surface area contributed by atoms with Gasteiger partial charge in [0.1, 0.15) is 6.10 Å². The lowest BCUT2D eigenvalue weighted by Crippen LogP contribution is -2.57. The van der Waals surface area contributed by atoms with Crippen molar-refractivity contribution < 1.29 is 19.5 Å². The first-order chi connectivity index (χ1) is 9.42. The van der Waals surface area contributed by atoms with Crippen molar-refractivity contribution in [3.63, 3.8) is 0 Å². The number of benzene rings is 1. The second kappa shape index (κ2) is 5.28. The van der Waals surface area contributed by atoms with Crippen LogP contribution in [0.15, 0.2) is 18.2 Å². The molecule has 0 aliphatic heterocycles. The van der Waals surface area contributed by atoms with Gasteiger partial charge in [0.05, 0.1) is 24.2 Å². The van der Waals surface area contributed by atoms with Crippen LogP contribution < -0.4 is 9.47 Å². The highest BCUT2D eigenvalue weighted by molar-refractivity contribution is 5.48. The third-order valence-corrected chi connectivity index (χ3v) is 4.32. The van der Waals surface area contributed by atoms with Crippen LogP contribution in [0.25, 0.3) is 0 Å². The summed E-state index contributed by atoms with van der Waals surface area (Å²) in [4.78, 5) is 10.4. The van der Waals surface area contributed by atoms with E-state index in [4.69, 9.17) is 9.47 Å². The molecule has 0 heterocycles. The van der Waals surface area contributed by atoms with E-state index >= 15 is 0 Å². The zero-order valence-electron chi connectivity index (χ0n) is 11.8. The van der Waals surface area contributed by atoms with Gasteiger partial charge in [-0.05, 0) is 12.5 Å². The minimum Gasteiger partial charge on any atom is -0.493 e. The predicted molar refractivity (Wildman–Crippen MR) is 73.1 cm³/mol. The largest absolute Gasteiger partial charge is 0.493 e. The Kier molecular flexibility index (Phi) is 3.85. The van der Waals surface area contributed by atoms with Crippen LogP contribution in [0, 0.1) is 15.5 Å². The molecular weight excluding hydrogens is 262 g/mol. The topological polar surface area (TPSA) is 81.8 Å². The van der Waals surface area contributed by atoms with Gasteiger partial charge in [-0.1, -0.05) is 13.8 Å². The van der Waals surface area contributed by atoms with E-state index < -0.39 is 11.0 Å². The third-order valence-electron chi connectivity index (χ3n) is 4.32. The van der Waals surface area contributed by atoms with Gasteiger partial charge in [-0.15, -0.1) is 0 Å². The smallest absolute Gasteiger partial charge is 0.273 e. The number of hydrogen-bond acceptors (Lipinski definition) is 5. The van der Waals surface area contributed by atoms with Crippen molar-refractivity contribution in [2.75, 3.05) is 7.11 Å². The van der Waals surface area contributed by atoms with E-state index in [9.17, 15) is 15.2 Å². The molecule has 0 radical (unpaired) electrons. The van der Waals surface area contributed by atoms with Crippen molar-refractivity contribution >= 4 is 5.69 Å². The van der Waals surface area contributed by atoms with Crippen LogP contribution in [0.2, 0.25) is 0 Å². The number of hydrogen-bond donors (Lipinski definition) is 1. The molecule has 1 aromatic carbocycles. The number of non-ortho nitro benzene ring substituents is 1. The molecule has 20 heavy (non-hydrogen) atoms. The minimum atomic E-state index is -0.471. The summed E-state index contributed by atoms with van der Waals surface area (Å²) in [6.45, 7) is 3.94. The van der Waals surface area contributed by atoms with E-state index in [1.54, 1.807) is 0 Å². The van der Waals surface area contributed by atoms with Gasteiger partial charge in [-0.3, -0.25) is 10.1 Å². The third kappa shape index (κ3) is 2.31. The molecule has 0 amide bonds. The summed E-state index contributed by atoms with van der Waals surface area (Å²) in [5.41, 5.74) is -0.366. The van der Waals surface area contributed by atoms with Gasteiger partial charge < -0.3 is 14.6 Å². The van der Waals surface area contributed by atoms with Gasteiger partial charge in [-0.25, -0.2) is 0 Å². The van der Waals surface area contributed by atoms with Gasteiger partial charge in [0.2, 0.25) is 0 Å². The molecular formula is C14H19NO5. The molecule has 110 valence electrons. The zero-order chi connectivity index (χ0) is 14.9. The van der Waals surface area contributed by atoms with Crippen LogP contribution in [-0.2, 0) is 0 Å². The Balaban J connectivity index is 2.24. The van der Waals surface area contributed by atoms with Crippen LogP contribution in [0.4, 0.5) is 5.69 Å². The highest BCUT2D eigenvalue weighted by Crippen LogP contribution is 2.47. The quantitative estimate of drug-likeness (QED) is 0.662. The molecule has 6 heteroatoms. The lowest BCUT2D eigenvalue weighted by atomic mass is 9.63. The average molecular weight is 281 g/mol. The Labute approximate surface area is 117 Å². The molecule has 1 aliphatic carbocycles. The predicted octanol–water partition coefficient (Wildman–Crippen LogP) is 2.53. The number of aliphatic hydroxyl groups excluding tert-OH is 1. The first kappa shape index (κ1) is 14.6. The molecule has 0 aromatic heterocycles. The maximum Gasteiger partial charge on any atom is 0.273 e. The Morgan fingerprint density at radius 2 is 2.20 bits per heavy atom. The van der Waals surface area contributed by atoms with E-state index in [0.29, 0.717) is 17.9 Å². The van der Waals surface area contributed by atoms with Gasteiger partial charge in [-0.2, -0.15) is 0 Å². The number of nitrogens with zero attached hydrogens (tertiary/aromatic N) is 1. The van der Waals surface area contributed by atoms with Crippen molar-refractivity contribution in [2.45, 2.75) is 38.9 Å². The van der Waals surface area contributed by atoms with E-state index in [1.807, 2.05) is 13.8 Å². The van der Waals surface area contributed by atoms with Crippen molar-refractivity contribution in [1.29, 1.82) is 0 Å². The fourth-order valence-electron chi connectivity index (χ4n) is 2.47. The number of nitro groups is 1. The molecule has 0 spiro atoms. The maximum absolute atomic E-state index is 10.8. The summed E-state index contributed by atoms with van der Waals surface area (Å²) in [5, 5.41) is 20.7. The second-order valence-electron chi connectivity index (χ2n) is 5.31. The first-order valence-corrected chi connectivity index (χ1v) is 6.59. The van der Waals surface area contributed by atoms with Crippen molar-refractivity contribution in [3.05, 3.63) is 28.3 Å². The van der Waals surface area contributed by atoms with Crippen LogP contribution in [-0.4, -0.2) is 29.3 Å². The summed E-state index contributed by atoms with van der Waals surface area (Å²) in [7, 11) is 1.49. The van der Waals surface area contributed by atoms with Crippen molar-refractivity contribution in [1.82, 2.24) is 0 Å². The lowest BCUT2D eigenvalue weighted by Gasteiger charge is -2.50. The summed E-state index contributed by atoms with van der Waals surface area (Å²) in [6, 6.07) is 4.26. The standard InChI is InChI=1S/C14H19NO5/c1-4-14(2)12(16)8-13(14)20-11-7-9(15(17)18)5-6-10(11)19-3/h5-7,12-13,16H,4,8H2,1-3H3. The van der Waals surface area contributed by atoms with Crippen LogP contribution in [0.3, 0.4) is 0 Å². The molecule has 1 saturated carbocycles. The molecule has 3 atom stereocenters. The van der Waals surface area contributed by atoms with Crippen LogP contribution in [0.1, 0.15) is 26.7 Å². The monoisotopic (exact) mass is 281 g/mol. The molecule has 0 saturated heterocycles. The van der Waals surface area contributed by atoms with Gasteiger partial charge in [0.25, 0.3) is 5.69 Å². The zero-order valence-corrected chi connectivity index (χ0v) is 11.8. The SMILES string of the molecule is CCC1(C)C(O)CC1Oc1cc([N+](=O)[O-])ccc1OC. The Morgan fingerprint density at radius 3 is 2.70 bits per heavy atom. The number of ether oxygens (including phenoxy) is 2. The fourth-order valence-corrected chi connectivity index (χ4v) is 2.47. The molecule has 2 rings (SSSR count). The van der Waals surface area contributed by atoms with E-state index in [1.165, 1.54) is 25.3 Å². The molecule has 1 aliphatic rings. The van der Waals surface area contributed by atoms with E-state index in [2.05, 4.69) is 0 Å². The molecule has 3 unspecified atom stereocenters. The molecule has 1 N–H and O–H groups in total. The Hall–Kier alpha value is -1.82. The Bertz CT molecular complexity index is 518. The maximum atomic E-state index is 10.8. The van der Waals surface area contributed by atoms with Crippen LogP contribution >= 0.6 is 0 Å². The van der Waals surface area contributed by atoms with Crippen molar-refractivity contribution in [2.24, 2.45) is 5.41 Å². The Morgan fingerprint density at radius 1 is 1.50 bits per heavy atom. The molecule has 1 aromatic rings. The van der Waals surface area contributed by atoms with Crippen LogP contribution in [0.5, 0.6) is 11.5 Å². The average Bonchev–Trinajstić information content (AvgIpc) is 2.45. The van der Waals surface area contributed by atoms with Crippen molar-refractivity contribution in [3.8, 4) is 11.5 Å². The summed E-state index contributed by atoms with van der Waals surface area (Å²) in [6.07, 6.45) is 0.729. The van der Waals surface area contributed by atoms with Gasteiger partial charge in [0.15, 0.2) is 11.5 Å².